The highest BCUT2D eigenvalue weighted by molar-refractivity contribution is 6.11. The number of carbonyl (C=O) groups is 6. The number of ether oxygens (including phenoxy) is 1. The molecule has 2 aromatic rings. The number of carbonyl (C=O) groups excluding carboxylic acids is 6. The van der Waals surface area contributed by atoms with E-state index in [2.05, 4.69) is 10.6 Å². The quantitative estimate of drug-likeness (QED) is 0.361. The molecular weight excluding hydrogens is 496 g/mol. The number of aliphatic hydroxyl groups excluding tert-OH is 1. The number of Topliss-reactive ketones (excluding diaryl/α,β-unsaturated/α-hetero) is 1. The summed E-state index contributed by atoms with van der Waals surface area (Å²) in [4.78, 5) is 77.1. The number of fused-ring (bicyclic) bond motifs is 1. The second-order valence-electron chi connectivity index (χ2n) is 8.55. The van der Waals surface area contributed by atoms with Crippen molar-refractivity contribution in [1.29, 1.82) is 0 Å². The average Bonchev–Trinajstić information content (AvgIpc) is 3.02. The SMILES string of the molecule is COc1ccc(C(=O)N[C@H]2CN(C(=O)CO)c3ccccc3N(CC(=O)N[C@H](C=O)CC(C)=O)C2=O)cc1. The molecule has 1 aliphatic rings. The zero-order chi connectivity index (χ0) is 27.8. The molecule has 0 unspecified atom stereocenters. The first kappa shape index (κ1) is 28.0. The van der Waals surface area contributed by atoms with Crippen LogP contribution in [0.15, 0.2) is 48.5 Å². The highest BCUT2D eigenvalue weighted by Crippen LogP contribution is 2.33. The van der Waals surface area contributed by atoms with E-state index in [1.165, 1.54) is 32.2 Å². The van der Waals surface area contributed by atoms with Crippen LogP contribution < -0.4 is 25.2 Å². The van der Waals surface area contributed by atoms with Gasteiger partial charge in [0.1, 0.15) is 37.0 Å². The van der Waals surface area contributed by atoms with E-state index in [1.54, 1.807) is 30.3 Å². The van der Waals surface area contributed by atoms with Crippen molar-refractivity contribution >= 4 is 47.1 Å². The number of nitrogens with one attached hydrogen (secondary N) is 2. The molecule has 0 fully saturated rings. The Morgan fingerprint density at radius 2 is 1.76 bits per heavy atom. The predicted molar refractivity (Wildman–Crippen MR) is 136 cm³/mol. The van der Waals surface area contributed by atoms with Crippen LogP contribution in [0.5, 0.6) is 5.75 Å². The van der Waals surface area contributed by atoms with Crippen molar-refractivity contribution in [3.8, 4) is 5.75 Å². The van der Waals surface area contributed by atoms with E-state index >= 15 is 0 Å². The van der Waals surface area contributed by atoms with Crippen LogP contribution in [0.3, 0.4) is 0 Å². The molecule has 0 aromatic heterocycles. The zero-order valence-corrected chi connectivity index (χ0v) is 20.9. The topological polar surface area (TPSA) is 162 Å². The van der Waals surface area contributed by atoms with Gasteiger partial charge in [-0.25, -0.2) is 0 Å². The number of aliphatic hydroxyl groups is 1. The Kier molecular flexibility index (Phi) is 9.28. The Labute approximate surface area is 218 Å². The normalized spacial score (nSPS) is 15.6. The zero-order valence-electron chi connectivity index (χ0n) is 20.9. The van der Waals surface area contributed by atoms with Gasteiger partial charge >= 0.3 is 0 Å². The molecule has 4 amide bonds. The summed E-state index contributed by atoms with van der Waals surface area (Å²) < 4.78 is 5.09. The Morgan fingerprint density at radius 3 is 2.34 bits per heavy atom. The maximum atomic E-state index is 13.7. The van der Waals surface area contributed by atoms with Gasteiger partial charge < -0.3 is 30.2 Å². The van der Waals surface area contributed by atoms with Crippen LogP contribution in [0.2, 0.25) is 0 Å². The van der Waals surface area contributed by atoms with Gasteiger partial charge in [-0.2, -0.15) is 0 Å². The molecule has 2 atom stereocenters. The molecule has 38 heavy (non-hydrogen) atoms. The summed E-state index contributed by atoms with van der Waals surface area (Å²) in [6, 6.07) is 10.0. The molecule has 200 valence electrons. The van der Waals surface area contributed by atoms with Gasteiger partial charge in [-0.3, -0.25) is 28.9 Å². The summed E-state index contributed by atoms with van der Waals surface area (Å²) in [5, 5.41) is 14.6. The monoisotopic (exact) mass is 524 g/mol. The van der Waals surface area contributed by atoms with E-state index < -0.39 is 48.9 Å². The van der Waals surface area contributed by atoms with Gasteiger partial charge in [0, 0.05) is 12.0 Å². The summed E-state index contributed by atoms with van der Waals surface area (Å²) in [5.74, 6) is -2.54. The van der Waals surface area contributed by atoms with Crippen LogP contribution >= 0.6 is 0 Å². The highest BCUT2D eigenvalue weighted by Gasteiger charge is 2.37. The fourth-order valence-electron chi connectivity index (χ4n) is 4.00. The van der Waals surface area contributed by atoms with Gasteiger partial charge in [0.15, 0.2) is 0 Å². The number of rotatable bonds is 10. The summed E-state index contributed by atoms with van der Waals surface area (Å²) in [5.41, 5.74) is 0.650. The highest BCUT2D eigenvalue weighted by atomic mass is 16.5. The molecule has 3 N–H and O–H groups in total. The molecule has 0 aliphatic carbocycles. The number of para-hydroxylation sites is 2. The van der Waals surface area contributed by atoms with Crippen molar-refractivity contribution in [2.24, 2.45) is 0 Å². The first-order chi connectivity index (χ1) is 18.2. The number of nitrogens with zero attached hydrogens (tertiary/aromatic N) is 2. The van der Waals surface area contributed by atoms with Crippen molar-refractivity contribution in [2.45, 2.75) is 25.4 Å². The molecule has 1 aliphatic heterocycles. The third-order valence-electron chi connectivity index (χ3n) is 5.81. The standard InChI is InChI=1S/C26H28N4O8/c1-16(33)11-18(14-31)27-23(34)13-30-22-6-4-3-5-21(22)29(24(35)15-32)12-20(26(30)37)28-25(36)17-7-9-19(38-2)10-8-17/h3-10,14,18,20,32H,11-13,15H2,1-2H3,(H,27,34)(H,28,36)/t18-,20-/m0/s1. The molecule has 2 aromatic carbocycles. The van der Waals surface area contributed by atoms with Gasteiger partial charge in [0.05, 0.1) is 31.1 Å². The lowest BCUT2D eigenvalue weighted by Gasteiger charge is -2.25. The third-order valence-corrected chi connectivity index (χ3v) is 5.81. The number of amides is 4. The minimum atomic E-state index is -1.29. The average molecular weight is 525 g/mol. The van der Waals surface area contributed by atoms with E-state index in [4.69, 9.17) is 4.74 Å². The second kappa shape index (κ2) is 12.6. The van der Waals surface area contributed by atoms with Crippen molar-refractivity contribution in [3.05, 3.63) is 54.1 Å². The van der Waals surface area contributed by atoms with Crippen molar-refractivity contribution in [2.75, 3.05) is 36.6 Å². The second-order valence-corrected chi connectivity index (χ2v) is 8.55. The Balaban J connectivity index is 1.95. The lowest BCUT2D eigenvalue weighted by molar-refractivity contribution is -0.127. The van der Waals surface area contributed by atoms with E-state index in [0.717, 1.165) is 9.80 Å². The molecule has 0 bridgehead atoms. The van der Waals surface area contributed by atoms with Crippen LogP contribution in [0.25, 0.3) is 0 Å². The number of methoxy groups -OCH3 is 1. The first-order valence-electron chi connectivity index (χ1n) is 11.7. The van der Waals surface area contributed by atoms with Crippen LogP contribution in [0.4, 0.5) is 11.4 Å². The van der Waals surface area contributed by atoms with Crippen molar-refractivity contribution in [1.82, 2.24) is 10.6 Å². The van der Waals surface area contributed by atoms with E-state index in [0.29, 0.717) is 12.0 Å². The molecule has 0 saturated carbocycles. The Hall–Kier alpha value is -4.58. The Morgan fingerprint density at radius 1 is 1.11 bits per heavy atom. The van der Waals surface area contributed by atoms with Gasteiger partial charge in [0.2, 0.25) is 5.91 Å². The summed E-state index contributed by atoms with van der Waals surface area (Å²) in [7, 11) is 1.48. The minimum Gasteiger partial charge on any atom is -0.497 e. The summed E-state index contributed by atoms with van der Waals surface area (Å²) in [6.45, 7) is -0.445. The fourth-order valence-corrected chi connectivity index (χ4v) is 4.00. The fraction of sp³-hybridized carbons (Fsp3) is 0.308. The van der Waals surface area contributed by atoms with Crippen LogP contribution in [0.1, 0.15) is 23.7 Å². The Bertz CT molecular complexity index is 1230. The molecule has 0 radical (unpaired) electrons. The lowest BCUT2D eigenvalue weighted by atomic mass is 10.1. The van der Waals surface area contributed by atoms with Gasteiger partial charge in [0.25, 0.3) is 17.7 Å². The van der Waals surface area contributed by atoms with E-state index in [1.807, 2.05) is 0 Å². The lowest BCUT2D eigenvalue weighted by Crippen LogP contribution is -2.55. The molecule has 0 spiro atoms. The smallest absolute Gasteiger partial charge is 0.252 e. The molecule has 3 rings (SSSR count). The van der Waals surface area contributed by atoms with Crippen LogP contribution in [-0.4, -0.2) is 79.7 Å². The minimum absolute atomic E-state index is 0.185. The maximum Gasteiger partial charge on any atom is 0.252 e. The molecule has 12 heteroatoms. The number of hydrogen-bond acceptors (Lipinski definition) is 8. The number of benzene rings is 2. The largest absolute Gasteiger partial charge is 0.497 e. The maximum absolute atomic E-state index is 13.7. The van der Waals surface area contributed by atoms with Gasteiger partial charge in [-0.05, 0) is 43.3 Å². The first-order valence-corrected chi connectivity index (χ1v) is 11.7. The summed E-state index contributed by atoms with van der Waals surface area (Å²) >= 11 is 0. The van der Waals surface area contributed by atoms with E-state index in [9.17, 15) is 33.9 Å². The summed E-state index contributed by atoms with van der Waals surface area (Å²) in [6.07, 6.45) is 0.218. The molecule has 1 heterocycles. The predicted octanol–water partition coefficient (Wildman–Crippen LogP) is -0.171. The molecular formula is C26H28N4O8. The molecule has 0 saturated heterocycles. The number of aldehydes is 1. The molecule has 12 nitrogen and oxygen atoms in total. The van der Waals surface area contributed by atoms with Crippen molar-refractivity contribution in [3.63, 3.8) is 0 Å². The van der Waals surface area contributed by atoms with E-state index in [-0.39, 0.29) is 35.7 Å². The van der Waals surface area contributed by atoms with Crippen molar-refractivity contribution < 1.29 is 38.6 Å². The number of ketones is 1. The van der Waals surface area contributed by atoms with Crippen LogP contribution in [-0.2, 0) is 24.0 Å². The third kappa shape index (κ3) is 6.59. The number of anilines is 2. The van der Waals surface area contributed by atoms with Gasteiger partial charge in [-0.1, -0.05) is 12.1 Å². The van der Waals surface area contributed by atoms with Crippen LogP contribution in [0, 0.1) is 0 Å². The van der Waals surface area contributed by atoms with Gasteiger partial charge in [-0.15, -0.1) is 0 Å². The number of hydrogen-bond donors (Lipinski definition) is 3.